The highest BCUT2D eigenvalue weighted by Crippen LogP contribution is 2.51. The molecule has 1 heteroatoms. The third kappa shape index (κ3) is 1.19. The second-order valence-electron chi connectivity index (χ2n) is 5.82. The van der Waals surface area contributed by atoms with E-state index in [1.54, 1.807) is 0 Å². The fourth-order valence-electron chi connectivity index (χ4n) is 2.41. The molecular weight excluding hydrogens is 146 g/mol. The van der Waals surface area contributed by atoms with Gasteiger partial charge in [0, 0.05) is 5.54 Å². The summed E-state index contributed by atoms with van der Waals surface area (Å²) in [4.78, 5) is 0. The van der Waals surface area contributed by atoms with E-state index < -0.39 is 0 Å². The Morgan fingerprint density at radius 1 is 0.833 bits per heavy atom. The van der Waals surface area contributed by atoms with Crippen molar-refractivity contribution in [2.75, 3.05) is 0 Å². The molecule has 72 valence electrons. The number of hydrogen-bond donors (Lipinski definition) is 1. The van der Waals surface area contributed by atoms with Crippen LogP contribution in [0.2, 0.25) is 0 Å². The summed E-state index contributed by atoms with van der Waals surface area (Å²) in [6.07, 6.45) is 3.86. The molecule has 2 N–H and O–H groups in total. The van der Waals surface area contributed by atoms with Gasteiger partial charge in [-0.05, 0) is 30.6 Å². The average molecular weight is 169 g/mol. The van der Waals surface area contributed by atoms with Crippen LogP contribution in [0.15, 0.2) is 0 Å². The van der Waals surface area contributed by atoms with Crippen LogP contribution in [-0.4, -0.2) is 5.54 Å². The molecule has 0 aliphatic heterocycles. The molecule has 0 spiro atoms. The van der Waals surface area contributed by atoms with E-state index in [9.17, 15) is 0 Å². The minimum absolute atomic E-state index is 0.0295. The first-order valence-electron chi connectivity index (χ1n) is 5.00. The molecule has 0 unspecified atom stereocenters. The zero-order valence-corrected chi connectivity index (χ0v) is 9.20. The third-order valence-electron chi connectivity index (χ3n) is 4.42. The molecule has 1 saturated carbocycles. The molecule has 0 heterocycles. The molecule has 0 amide bonds. The van der Waals surface area contributed by atoms with Crippen molar-refractivity contribution >= 4 is 0 Å². The standard InChI is InChI=1S/C11H23N/c1-9(2)7-6-8-10(3,4)11(9,5)12/h6-8,12H2,1-5H3. The summed E-state index contributed by atoms with van der Waals surface area (Å²) in [7, 11) is 0. The molecular formula is C11H23N. The molecule has 1 fully saturated rings. The largest absolute Gasteiger partial charge is 0.324 e. The van der Waals surface area contributed by atoms with Crippen LogP contribution in [0.1, 0.15) is 53.9 Å². The first-order valence-corrected chi connectivity index (χ1v) is 5.00. The van der Waals surface area contributed by atoms with Gasteiger partial charge in [0.2, 0.25) is 0 Å². The summed E-state index contributed by atoms with van der Waals surface area (Å²) in [5.74, 6) is 0. The van der Waals surface area contributed by atoms with Gasteiger partial charge in [0.05, 0.1) is 0 Å². The van der Waals surface area contributed by atoms with E-state index >= 15 is 0 Å². The van der Waals surface area contributed by atoms with Gasteiger partial charge in [-0.1, -0.05) is 34.1 Å². The van der Waals surface area contributed by atoms with Crippen LogP contribution in [0.3, 0.4) is 0 Å². The topological polar surface area (TPSA) is 26.0 Å². The summed E-state index contributed by atoms with van der Waals surface area (Å²) in [6.45, 7) is 11.4. The second-order valence-corrected chi connectivity index (χ2v) is 5.82. The maximum atomic E-state index is 6.43. The molecule has 0 saturated heterocycles. The molecule has 1 aliphatic carbocycles. The highest BCUT2D eigenvalue weighted by molar-refractivity contribution is 5.06. The fraction of sp³-hybridized carbons (Fsp3) is 1.00. The first-order chi connectivity index (χ1) is 5.21. The Bertz CT molecular complexity index is 159. The van der Waals surface area contributed by atoms with Crippen molar-refractivity contribution in [3.05, 3.63) is 0 Å². The van der Waals surface area contributed by atoms with Crippen molar-refractivity contribution in [1.82, 2.24) is 0 Å². The van der Waals surface area contributed by atoms with Crippen molar-refractivity contribution in [2.24, 2.45) is 16.6 Å². The van der Waals surface area contributed by atoms with E-state index in [1.165, 1.54) is 19.3 Å². The lowest BCUT2D eigenvalue weighted by molar-refractivity contribution is -0.00297. The highest BCUT2D eigenvalue weighted by Gasteiger charge is 2.50. The number of rotatable bonds is 0. The van der Waals surface area contributed by atoms with E-state index in [2.05, 4.69) is 34.6 Å². The van der Waals surface area contributed by atoms with Crippen LogP contribution in [0.25, 0.3) is 0 Å². The zero-order valence-electron chi connectivity index (χ0n) is 9.20. The Hall–Kier alpha value is -0.0400. The van der Waals surface area contributed by atoms with E-state index in [4.69, 9.17) is 5.73 Å². The molecule has 0 aromatic carbocycles. The van der Waals surface area contributed by atoms with Crippen molar-refractivity contribution < 1.29 is 0 Å². The quantitative estimate of drug-likeness (QED) is 0.593. The summed E-state index contributed by atoms with van der Waals surface area (Å²) in [6, 6.07) is 0. The molecule has 0 aromatic heterocycles. The Kier molecular flexibility index (Phi) is 2.07. The molecule has 1 nitrogen and oxygen atoms in total. The average Bonchev–Trinajstić information content (AvgIpc) is 1.83. The van der Waals surface area contributed by atoms with Gasteiger partial charge in [-0.3, -0.25) is 0 Å². The molecule has 0 atom stereocenters. The Morgan fingerprint density at radius 3 is 1.42 bits per heavy atom. The number of hydrogen-bond acceptors (Lipinski definition) is 1. The lowest BCUT2D eigenvalue weighted by Gasteiger charge is -2.55. The van der Waals surface area contributed by atoms with Crippen molar-refractivity contribution in [1.29, 1.82) is 0 Å². The van der Waals surface area contributed by atoms with Gasteiger partial charge in [-0.2, -0.15) is 0 Å². The minimum Gasteiger partial charge on any atom is -0.324 e. The Morgan fingerprint density at radius 2 is 1.17 bits per heavy atom. The van der Waals surface area contributed by atoms with Gasteiger partial charge >= 0.3 is 0 Å². The van der Waals surface area contributed by atoms with Crippen LogP contribution in [-0.2, 0) is 0 Å². The molecule has 0 aromatic rings. The lowest BCUT2D eigenvalue weighted by atomic mass is 9.53. The molecule has 1 aliphatic rings. The maximum Gasteiger partial charge on any atom is 0.0229 e. The van der Waals surface area contributed by atoms with Crippen molar-refractivity contribution in [3.8, 4) is 0 Å². The normalized spacial score (nSPS) is 31.5. The summed E-state index contributed by atoms with van der Waals surface area (Å²) < 4.78 is 0. The van der Waals surface area contributed by atoms with Gasteiger partial charge in [0.1, 0.15) is 0 Å². The van der Waals surface area contributed by atoms with Crippen LogP contribution in [0, 0.1) is 10.8 Å². The van der Waals surface area contributed by atoms with Gasteiger partial charge in [-0.25, -0.2) is 0 Å². The van der Waals surface area contributed by atoms with E-state index in [0.717, 1.165) is 0 Å². The summed E-state index contributed by atoms with van der Waals surface area (Å²) in [5.41, 5.74) is 6.98. The predicted molar refractivity (Wildman–Crippen MR) is 54.0 cm³/mol. The van der Waals surface area contributed by atoms with E-state index in [1.807, 2.05) is 0 Å². The van der Waals surface area contributed by atoms with Gasteiger partial charge in [0.25, 0.3) is 0 Å². The molecule has 0 bridgehead atoms. The van der Waals surface area contributed by atoms with E-state index in [-0.39, 0.29) is 16.4 Å². The van der Waals surface area contributed by atoms with Crippen LogP contribution >= 0.6 is 0 Å². The Balaban J connectivity index is 2.99. The molecule has 1 rings (SSSR count). The van der Waals surface area contributed by atoms with Crippen molar-refractivity contribution in [3.63, 3.8) is 0 Å². The summed E-state index contributed by atoms with van der Waals surface area (Å²) >= 11 is 0. The SMILES string of the molecule is CC1(C)CCCC(C)(C)C1(C)N. The first kappa shape index (κ1) is 10.0. The summed E-state index contributed by atoms with van der Waals surface area (Å²) in [5, 5.41) is 0. The van der Waals surface area contributed by atoms with Crippen LogP contribution in [0.4, 0.5) is 0 Å². The molecule has 0 radical (unpaired) electrons. The highest BCUT2D eigenvalue weighted by atomic mass is 14.8. The monoisotopic (exact) mass is 169 g/mol. The minimum atomic E-state index is -0.0295. The van der Waals surface area contributed by atoms with E-state index in [0.29, 0.717) is 0 Å². The van der Waals surface area contributed by atoms with Crippen LogP contribution in [0.5, 0.6) is 0 Å². The van der Waals surface area contributed by atoms with Gasteiger partial charge < -0.3 is 5.73 Å². The fourth-order valence-corrected chi connectivity index (χ4v) is 2.41. The van der Waals surface area contributed by atoms with Crippen molar-refractivity contribution in [2.45, 2.75) is 59.4 Å². The third-order valence-corrected chi connectivity index (χ3v) is 4.42. The smallest absolute Gasteiger partial charge is 0.0229 e. The van der Waals surface area contributed by atoms with Gasteiger partial charge in [0.15, 0.2) is 0 Å². The molecule has 12 heavy (non-hydrogen) atoms. The Labute approximate surface area is 76.7 Å². The number of nitrogens with two attached hydrogens (primary N) is 1. The van der Waals surface area contributed by atoms with Gasteiger partial charge in [-0.15, -0.1) is 0 Å². The van der Waals surface area contributed by atoms with Crippen LogP contribution < -0.4 is 5.73 Å². The predicted octanol–water partition coefficient (Wildman–Crippen LogP) is 2.94. The lowest BCUT2D eigenvalue weighted by Crippen LogP contribution is -2.62. The maximum absolute atomic E-state index is 6.43. The second kappa shape index (κ2) is 2.47. The zero-order chi connectivity index (χ0) is 9.62.